The Hall–Kier alpha value is -0.550. The largest absolute Gasteiger partial charge is 0.371 e. The summed E-state index contributed by atoms with van der Waals surface area (Å²) in [5, 5.41) is 7.21. The van der Waals surface area contributed by atoms with E-state index in [1.54, 1.807) is 0 Å². The second-order valence-electron chi connectivity index (χ2n) is 1.55. The lowest BCUT2D eigenvalue weighted by atomic mass is 10.9. The molecule has 0 aliphatic rings. The molecule has 1 N–H and O–H groups in total. The van der Waals surface area contributed by atoms with Crippen LogP contribution in [0.15, 0.2) is 11.5 Å². The summed E-state index contributed by atoms with van der Waals surface area (Å²) >= 11 is 1.50. The van der Waals surface area contributed by atoms with Gasteiger partial charge >= 0.3 is 0 Å². The molecule has 1 rings (SSSR count). The fraction of sp³-hybridized carbons (Fsp3) is 0.600. The molecule has 0 aliphatic heterocycles. The molecule has 10 heavy (non-hydrogen) atoms. The van der Waals surface area contributed by atoms with E-state index in [9.17, 15) is 0 Å². The summed E-state index contributed by atoms with van der Waals surface area (Å²) in [6.45, 7) is 2.70. The van der Waals surface area contributed by atoms with Crippen molar-refractivity contribution >= 4 is 11.8 Å². The minimum Gasteiger partial charge on any atom is -0.371 e. The van der Waals surface area contributed by atoms with Crippen LogP contribution < -0.4 is 0 Å². The van der Waals surface area contributed by atoms with Gasteiger partial charge in [-0.05, 0) is 6.92 Å². The smallest absolute Gasteiger partial charge is 0.185 e. The van der Waals surface area contributed by atoms with E-state index in [1.807, 2.05) is 6.92 Å². The molecule has 0 saturated heterocycles. The summed E-state index contributed by atoms with van der Waals surface area (Å²) in [6, 6.07) is 0. The van der Waals surface area contributed by atoms with Crippen LogP contribution in [0.3, 0.4) is 0 Å². The van der Waals surface area contributed by atoms with Crippen LogP contribution in [-0.2, 0) is 4.74 Å². The van der Waals surface area contributed by atoms with Gasteiger partial charge in [-0.1, -0.05) is 11.8 Å². The second kappa shape index (κ2) is 4.29. The minimum atomic E-state index is 0.631. The first-order chi connectivity index (χ1) is 4.93. The van der Waals surface area contributed by atoms with Crippen LogP contribution in [0.2, 0.25) is 0 Å². The van der Waals surface area contributed by atoms with E-state index in [2.05, 4.69) is 15.2 Å². The van der Waals surface area contributed by atoms with E-state index in [1.165, 1.54) is 18.1 Å². The van der Waals surface area contributed by atoms with Crippen LogP contribution in [0.4, 0.5) is 0 Å². The van der Waals surface area contributed by atoms with Crippen molar-refractivity contribution < 1.29 is 4.74 Å². The Morgan fingerprint density at radius 2 is 2.70 bits per heavy atom. The van der Waals surface area contributed by atoms with Gasteiger partial charge in [0, 0.05) is 6.61 Å². The van der Waals surface area contributed by atoms with Crippen LogP contribution in [0, 0.1) is 0 Å². The zero-order valence-corrected chi connectivity index (χ0v) is 6.52. The van der Waals surface area contributed by atoms with Gasteiger partial charge in [0.25, 0.3) is 0 Å². The first kappa shape index (κ1) is 7.56. The second-order valence-corrected chi connectivity index (χ2v) is 2.46. The first-order valence-corrected chi connectivity index (χ1v) is 3.98. The van der Waals surface area contributed by atoms with Crippen molar-refractivity contribution in [2.24, 2.45) is 0 Å². The number of H-pyrrole nitrogens is 1. The normalized spacial score (nSPS) is 10.1. The lowest BCUT2D eigenvalue weighted by Gasteiger charge is -1.95. The summed E-state index contributed by atoms with van der Waals surface area (Å²) in [5.74, 6) is 0.631. The Labute approximate surface area is 63.4 Å². The Kier molecular flexibility index (Phi) is 3.25. The van der Waals surface area contributed by atoms with E-state index in [-0.39, 0.29) is 0 Å². The van der Waals surface area contributed by atoms with E-state index < -0.39 is 0 Å². The van der Waals surface area contributed by atoms with Gasteiger partial charge in [0.2, 0.25) is 0 Å². The topological polar surface area (TPSA) is 50.8 Å². The molecule has 0 spiro atoms. The van der Waals surface area contributed by atoms with E-state index in [0.717, 1.165) is 11.8 Å². The maximum atomic E-state index is 5.08. The Balaban J connectivity index is 2.15. The molecule has 0 fully saturated rings. The van der Waals surface area contributed by atoms with Gasteiger partial charge in [0.05, 0.1) is 5.94 Å². The maximum absolute atomic E-state index is 5.08. The molecule has 5 heteroatoms. The number of ether oxygens (including phenoxy) is 1. The Morgan fingerprint density at radius 1 is 1.80 bits per heavy atom. The number of rotatable bonds is 4. The van der Waals surface area contributed by atoms with Crippen LogP contribution >= 0.6 is 11.8 Å². The lowest BCUT2D eigenvalue weighted by Crippen LogP contribution is -1.88. The summed E-state index contributed by atoms with van der Waals surface area (Å²) in [7, 11) is 0. The molecule has 0 aromatic carbocycles. The van der Waals surface area contributed by atoms with Crippen LogP contribution in [0.25, 0.3) is 0 Å². The molecule has 1 aromatic heterocycles. The molecule has 1 heterocycles. The van der Waals surface area contributed by atoms with Crippen molar-refractivity contribution in [1.29, 1.82) is 0 Å². The summed E-state index contributed by atoms with van der Waals surface area (Å²) < 4.78 is 5.08. The predicted octanol–water partition coefficient (Wildman–Crippen LogP) is 0.891. The quantitative estimate of drug-likeness (QED) is 0.402. The third kappa shape index (κ3) is 2.36. The number of thioether (sulfide) groups is 1. The Morgan fingerprint density at radius 3 is 3.30 bits per heavy atom. The fourth-order valence-corrected chi connectivity index (χ4v) is 1.05. The first-order valence-electron chi connectivity index (χ1n) is 2.99. The maximum Gasteiger partial charge on any atom is 0.185 e. The highest BCUT2D eigenvalue weighted by molar-refractivity contribution is 7.99. The van der Waals surface area contributed by atoms with Crippen LogP contribution in [0.1, 0.15) is 6.92 Å². The molecule has 0 atom stereocenters. The standard InChI is InChI=1S/C5H9N3OS/c1-2-9-4-10-5-6-3-7-8-5/h3H,2,4H2,1H3,(H,6,7,8). The van der Waals surface area contributed by atoms with Crippen molar-refractivity contribution in [2.45, 2.75) is 12.1 Å². The zero-order valence-electron chi connectivity index (χ0n) is 5.70. The molecule has 1 aromatic rings. The highest BCUT2D eigenvalue weighted by Gasteiger charge is 1.93. The summed E-state index contributed by atoms with van der Waals surface area (Å²) in [5.41, 5.74) is 0. The van der Waals surface area contributed by atoms with Gasteiger partial charge in [-0.15, -0.1) is 0 Å². The van der Waals surface area contributed by atoms with Gasteiger partial charge in [0.1, 0.15) is 6.33 Å². The summed E-state index contributed by atoms with van der Waals surface area (Å²) in [4.78, 5) is 3.90. The van der Waals surface area contributed by atoms with Crippen molar-refractivity contribution in [3.05, 3.63) is 6.33 Å². The number of aromatic nitrogens is 3. The Bertz CT molecular complexity index is 165. The number of hydrogen-bond acceptors (Lipinski definition) is 4. The van der Waals surface area contributed by atoms with Crippen molar-refractivity contribution in [2.75, 3.05) is 12.5 Å². The van der Waals surface area contributed by atoms with Gasteiger partial charge in [0.15, 0.2) is 5.16 Å². The number of hydrogen-bond donors (Lipinski definition) is 1. The van der Waals surface area contributed by atoms with Crippen molar-refractivity contribution in [1.82, 2.24) is 15.2 Å². The van der Waals surface area contributed by atoms with Gasteiger partial charge in [-0.25, -0.2) is 4.98 Å². The van der Waals surface area contributed by atoms with Crippen LogP contribution in [-0.4, -0.2) is 27.7 Å². The molecule has 4 nitrogen and oxygen atoms in total. The van der Waals surface area contributed by atoms with Crippen LogP contribution in [0.5, 0.6) is 0 Å². The lowest BCUT2D eigenvalue weighted by molar-refractivity contribution is 0.199. The zero-order chi connectivity index (χ0) is 7.23. The third-order valence-corrected chi connectivity index (χ3v) is 1.63. The molecule has 56 valence electrons. The van der Waals surface area contributed by atoms with Crippen molar-refractivity contribution in [3.8, 4) is 0 Å². The number of aromatic amines is 1. The molecule has 0 bridgehead atoms. The average molecular weight is 159 g/mol. The molecule has 0 radical (unpaired) electrons. The third-order valence-electron chi connectivity index (χ3n) is 0.876. The van der Waals surface area contributed by atoms with Gasteiger partial charge in [-0.2, -0.15) is 5.10 Å². The van der Waals surface area contributed by atoms with Gasteiger partial charge in [-0.3, -0.25) is 5.10 Å². The SMILES string of the molecule is CCOCSc1ncn[nH]1. The average Bonchev–Trinajstić information content (AvgIpc) is 2.41. The predicted molar refractivity (Wildman–Crippen MR) is 38.7 cm³/mol. The minimum absolute atomic E-state index is 0.631. The highest BCUT2D eigenvalue weighted by Crippen LogP contribution is 2.09. The monoisotopic (exact) mass is 159 g/mol. The van der Waals surface area contributed by atoms with E-state index in [4.69, 9.17) is 4.74 Å². The molecular weight excluding hydrogens is 150 g/mol. The van der Waals surface area contributed by atoms with Crippen molar-refractivity contribution in [3.63, 3.8) is 0 Å². The number of nitrogens with zero attached hydrogens (tertiary/aromatic N) is 2. The molecule has 0 saturated carbocycles. The molecule has 0 amide bonds. The molecule has 0 aliphatic carbocycles. The number of nitrogens with one attached hydrogen (secondary N) is 1. The summed E-state index contributed by atoms with van der Waals surface area (Å²) in [6.07, 6.45) is 1.48. The van der Waals surface area contributed by atoms with Gasteiger partial charge < -0.3 is 4.74 Å². The van der Waals surface area contributed by atoms with E-state index >= 15 is 0 Å². The molecular formula is C5H9N3OS. The molecule has 0 unspecified atom stereocenters. The highest BCUT2D eigenvalue weighted by atomic mass is 32.2. The fourth-order valence-electron chi connectivity index (χ4n) is 0.445. The van der Waals surface area contributed by atoms with E-state index in [0.29, 0.717) is 5.94 Å².